The summed E-state index contributed by atoms with van der Waals surface area (Å²) in [6.07, 6.45) is 8.04. The molecule has 4 aliphatic rings. The van der Waals surface area contributed by atoms with Crippen LogP contribution >= 0.6 is 0 Å². The van der Waals surface area contributed by atoms with Crippen LogP contribution in [0.1, 0.15) is 79.1 Å². The molecule has 0 aliphatic heterocycles. The first-order valence-corrected chi connectivity index (χ1v) is 12.4. The van der Waals surface area contributed by atoms with Gasteiger partial charge in [-0.2, -0.15) is 0 Å². The van der Waals surface area contributed by atoms with Crippen molar-refractivity contribution in [2.24, 2.45) is 22.7 Å². The number of carboxylic acids is 1. The quantitative estimate of drug-likeness (QED) is 0.322. The van der Waals surface area contributed by atoms with Crippen LogP contribution in [0.5, 0.6) is 0 Å². The van der Waals surface area contributed by atoms with Crippen molar-refractivity contribution in [2.75, 3.05) is 6.61 Å². The van der Waals surface area contributed by atoms with Gasteiger partial charge in [-0.15, -0.1) is 0 Å². The van der Waals surface area contributed by atoms with Gasteiger partial charge in [0.05, 0.1) is 18.7 Å². The van der Waals surface area contributed by atoms with Crippen molar-refractivity contribution in [3.05, 3.63) is 22.9 Å². The Labute approximate surface area is 201 Å². The molecule has 34 heavy (non-hydrogen) atoms. The molecule has 3 saturated carbocycles. The maximum atomic E-state index is 11.8. The van der Waals surface area contributed by atoms with Crippen LogP contribution in [0.2, 0.25) is 0 Å². The molecule has 3 fully saturated rings. The lowest BCUT2D eigenvalue weighted by atomic mass is 9.50. The van der Waals surface area contributed by atoms with E-state index < -0.39 is 5.97 Å². The van der Waals surface area contributed by atoms with Crippen molar-refractivity contribution in [2.45, 2.75) is 91.3 Å². The maximum absolute atomic E-state index is 11.8. The molecule has 0 heterocycles. The standard InChI is InChI=1S/C26H37NO7/c1-15(28)33-18-7-10-25(3)17(13-18)14-21(27-32-12-9-23(30)31)24-19-5-6-22(34-16(2)29)26(19,4)11-8-20(24)25/h14,18-20,22,27H,5-13H2,1-4H3,(H,30,31)/t18?,19-,20+,22?,25-,26-/m0/s1. The van der Waals surface area contributed by atoms with Gasteiger partial charge < -0.3 is 14.6 Å². The third-order valence-electron chi connectivity index (χ3n) is 8.78. The Hall–Kier alpha value is -2.35. The highest BCUT2D eigenvalue weighted by molar-refractivity contribution is 5.67. The van der Waals surface area contributed by atoms with Crippen molar-refractivity contribution >= 4 is 17.9 Å². The van der Waals surface area contributed by atoms with Crippen LogP contribution in [0.4, 0.5) is 0 Å². The molecule has 4 rings (SSSR count). The number of hydrogen-bond acceptors (Lipinski definition) is 7. The van der Waals surface area contributed by atoms with Crippen LogP contribution in [0.25, 0.3) is 0 Å². The zero-order chi connectivity index (χ0) is 24.7. The largest absolute Gasteiger partial charge is 0.481 e. The molecular formula is C26H37NO7. The van der Waals surface area contributed by atoms with E-state index in [1.165, 1.54) is 25.0 Å². The number of rotatable bonds is 7. The summed E-state index contributed by atoms with van der Waals surface area (Å²) in [7, 11) is 0. The van der Waals surface area contributed by atoms with Gasteiger partial charge in [0, 0.05) is 25.7 Å². The van der Waals surface area contributed by atoms with E-state index in [1.807, 2.05) is 0 Å². The van der Waals surface area contributed by atoms with E-state index in [2.05, 4.69) is 25.4 Å². The molecule has 0 aromatic heterocycles. The van der Waals surface area contributed by atoms with Gasteiger partial charge in [-0.3, -0.25) is 24.7 Å². The number of esters is 2. The monoisotopic (exact) mass is 475 g/mol. The fourth-order valence-electron chi connectivity index (χ4n) is 7.10. The second-order valence-electron chi connectivity index (χ2n) is 10.8. The highest BCUT2D eigenvalue weighted by atomic mass is 16.6. The molecule has 2 unspecified atom stereocenters. The molecule has 4 aliphatic carbocycles. The number of aliphatic carboxylic acids is 1. The summed E-state index contributed by atoms with van der Waals surface area (Å²) in [5.41, 5.74) is 6.39. The van der Waals surface area contributed by atoms with Crippen molar-refractivity contribution in [3.63, 3.8) is 0 Å². The number of carbonyl (C=O) groups is 3. The zero-order valence-corrected chi connectivity index (χ0v) is 20.6. The summed E-state index contributed by atoms with van der Waals surface area (Å²) in [6.45, 7) is 7.56. The number of carboxylic acid groups (broad SMARTS) is 1. The molecule has 0 saturated heterocycles. The lowest BCUT2D eigenvalue weighted by Crippen LogP contribution is -2.49. The fourth-order valence-corrected chi connectivity index (χ4v) is 7.10. The molecule has 0 radical (unpaired) electrons. The lowest BCUT2D eigenvalue weighted by molar-refractivity contribution is -0.153. The van der Waals surface area contributed by atoms with E-state index >= 15 is 0 Å². The predicted octanol–water partition coefficient (Wildman–Crippen LogP) is 4.06. The third kappa shape index (κ3) is 4.49. The first-order valence-electron chi connectivity index (χ1n) is 12.4. The minimum atomic E-state index is -0.909. The van der Waals surface area contributed by atoms with Gasteiger partial charge in [-0.05, 0) is 67.4 Å². The highest BCUT2D eigenvalue weighted by Gasteiger charge is 2.58. The highest BCUT2D eigenvalue weighted by Crippen LogP contribution is 2.64. The summed E-state index contributed by atoms with van der Waals surface area (Å²) in [5.74, 6) is -0.839. The number of carbonyl (C=O) groups excluding carboxylic acids is 2. The first kappa shape index (κ1) is 24.8. The molecule has 0 aromatic rings. The van der Waals surface area contributed by atoms with E-state index in [1.54, 1.807) is 0 Å². The van der Waals surface area contributed by atoms with Crippen molar-refractivity contribution in [3.8, 4) is 0 Å². The Bertz CT molecular complexity index is 924. The van der Waals surface area contributed by atoms with E-state index in [9.17, 15) is 14.4 Å². The Kier molecular flexibility index (Phi) is 6.82. The number of fused-ring (bicyclic) bond motifs is 5. The van der Waals surface area contributed by atoms with Gasteiger partial charge in [0.2, 0.25) is 0 Å². The minimum Gasteiger partial charge on any atom is -0.481 e. The molecule has 0 aromatic carbocycles. The van der Waals surface area contributed by atoms with Crippen molar-refractivity contribution < 1.29 is 33.8 Å². The first-order chi connectivity index (χ1) is 16.0. The molecule has 2 N–H and O–H groups in total. The summed E-state index contributed by atoms with van der Waals surface area (Å²) in [4.78, 5) is 39.9. The smallest absolute Gasteiger partial charge is 0.305 e. The van der Waals surface area contributed by atoms with E-state index in [-0.39, 0.29) is 53.9 Å². The number of nitrogens with one attached hydrogen (secondary N) is 1. The van der Waals surface area contributed by atoms with Gasteiger partial charge in [-0.1, -0.05) is 19.4 Å². The normalized spacial score (nSPS) is 36.5. The minimum absolute atomic E-state index is 0.0287. The molecule has 0 bridgehead atoms. The summed E-state index contributed by atoms with van der Waals surface area (Å²) in [5, 5.41) is 8.97. The average molecular weight is 476 g/mol. The Morgan fingerprint density at radius 2 is 1.76 bits per heavy atom. The molecule has 8 heteroatoms. The topological polar surface area (TPSA) is 111 Å². The second-order valence-corrected chi connectivity index (χ2v) is 10.8. The molecule has 0 amide bonds. The zero-order valence-electron chi connectivity index (χ0n) is 20.6. The molecular weight excluding hydrogens is 438 g/mol. The Morgan fingerprint density at radius 3 is 2.44 bits per heavy atom. The molecule has 8 nitrogen and oxygen atoms in total. The molecule has 6 atom stereocenters. The van der Waals surface area contributed by atoms with E-state index in [4.69, 9.17) is 19.4 Å². The van der Waals surface area contributed by atoms with Crippen LogP contribution in [-0.4, -0.2) is 41.8 Å². The van der Waals surface area contributed by atoms with Crippen LogP contribution in [-0.2, 0) is 28.7 Å². The van der Waals surface area contributed by atoms with E-state index in [0.717, 1.165) is 44.2 Å². The van der Waals surface area contributed by atoms with Gasteiger partial charge in [-0.25, -0.2) is 0 Å². The SMILES string of the molecule is CC(=O)OC1CC[C@@]2(C)C(=CC(NOCCC(=O)O)=C3[C@H]2CC[C@]2(C)C(OC(C)=O)CC[C@@H]32)C1. The summed E-state index contributed by atoms with van der Waals surface area (Å²) in [6, 6.07) is 0. The number of allylic oxidation sites excluding steroid dienone is 2. The average Bonchev–Trinajstić information content (AvgIpc) is 3.07. The van der Waals surface area contributed by atoms with Gasteiger partial charge in [0.15, 0.2) is 0 Å². The van der Waals surface area contributed by atoms with Crippen LogP contribution < -0.4 is 5.48 Å². The van der Waals surface area contributed by atoms with Crippen LogP contribution in [0.3, 0.4) is 0 Å². The fraction of sp³-hybridized carbons (Fsp3) is 0.731. The number of hydrogen-bond donors (Lipinski definition) is 2. The number of hydroxylamine groups is 1. The Morgan fingerprint density at radius 1 is 1.03 bits per heavy atom. The van der Waals surface area contributed by atoms with E-state index in [0.29, 0.717) is 12.3 Å². The van der Waals surface area contributed by atoms with Gasteiger partial charge in [0.25, 0.3) is 0 Å². The summed E-state index contributed by atoms with van der Waals surface area (Å²) >= 11 is 0. The second kappa shape index (κ2) is 9.36. The van der Waals surface area contributed by atoms with Gasteiger partial charge >= 0.3 is 17.9 Å². The Balaban J connectivity index is 1.68. The van der Waals surface area contributed by atoms with Gasteiger partial charge in [0.1, 0.15) is 12.2 Å². The molecule has 0 spiro atoms. The van der Waals surface area contributed by atoms with Crippen molar-refractivity contribution in [1.82, 2.24) is 5.48 Å². The molecule has 188 valence electrons. The third-order valence-corrected chi connectivity index (χ3v) is 8.78. The van der Waals surface area contributed by atoms with Crippen LogP contribution in [0.15, 0.2) is 22.9 Å². The van der Waals surface area contributed by atoms with Crippen molar-refractivity contribution in [1.29, 1.82) is 0 Å². The predicted molar refractivity (Wildman–Crippen MR) is 123 cm³/mol. The maximum Gasteiger partial charge on any atom is 0.305 e. The lowest BCUT2D eigenvalue weighted by Gasteiger charge is -2.55. The number of ether oxygens (including phenoxy) is 2. The summed E-state index contributed by atoms with van der Waals surface area (Å²) < 4.78 is 11.3. The van der Waals surface area contributed by atoms with Crippen LogP contribution in [0, 0.1) is 22.7 Å².